The molecule has 1 saturated heterocycles. The molecule has 3 rings (SSSR count). The Labute approximate surface area is 181 Å². The molecule has 3 heterocycles. The van der Waals surface area contributed by atoms with Gasteiger partial charge in [-0.15, -0.1) is 0 Å². The van der Waals surface area contributed by atoms with Gasteiger partial charge in [-0.1, -0.05) is 19.6 Å². The highest BCUT2D eigenvalue weighted by Gasteiger charge is 2.26. The molecule has 0 unspecified atom stereocenters. The molecule has 30 heavy (non-hydrogen) atoms. The Balaban J connectivity index is 1.62. The Morgan fingerprint density at radius 1 is 1.13 bits per heavy atom. The number of ether oxygens (including phenoxy) is 2. The van der Waals surface area contributed by atoms with E-state index in [-0.39, 0.29) is 6.09 Å². The van der Waals surface area contributed by atoms with Crippen LogP contribution in [0, 0.1) is 0 Å². The number of nitrogens with zero attached hydrogens (tertiary/aromatic N) is 4. The van der Waals surface area contributed by atoms with Gasteiger partial charge in [0.05, 0.1) is 0 Å². The largest absolute Gasteiger partial charge is 0.444 e. The fourth-order valence-corrected chi connectivity index (χ4v) is 4.21. The molecule has 0 spiro atoms. The normalized spacial score (nSPS) is 15.7. The summed E-state index contributed by atoms with van der Waals surface area (Å²) in [6.45, 7) is 16.9. The van der Waals surface area contributed by atoms with Crippen molar-refractivity contribution in [3.05, 3.63) is 24.5 Å². The van der Waals surface area contributed by atoms with Crippen molar-refractivity contribution >= 4 is 30.9 Å². The maximum atomic E-state index is 12.3. The topological polar surface area (TPSA) is 59.8 Å². The van der Waals surface area contributed by atoms with Gasteiger partial charge in [0, 0.05) is 64.3 Å². The Morgan fingerprint density at radius 3 is 2.47 bits per heavy atom. The molecule has 0 bridgehead atoms. The second-order valence-electron chi connectivity index (χ2n) is 10.2. The number of aromatic nitrogens is 2. The average Bonchev–Trinajstić information content (AvgIpc) is 3.06. The maximum Gasteiger partial charge on any atom is 0.410 e. The van der Waals surface area contributed by atoms with Gasteiger partial charge < -0.3 is 23.8 Å². The van der Waals surface area contributed by atoms with Crippen molar-refractivity contribution in [3.8, 4) is 0 Å². The van der Waals surface area contributed by atoms with Crippen LogP contribution in [0.4, 0.5) is 10.5 Å². The summed E-state index contributed by atoms with van der Waals surface area (Å²) in [4.78, 5) is 21.0. The van der Waals surface area contributed by atoms with Crippen molar-refractivity contribution in [2.24, 2.45) is 0 Å². The zero-order chi connectivity index (χ0) is 21.9. The van der Waals surface area contributed by atoms with E-state index in [2.05, 4.69) is 46.2 Å². The minimum absolute atomic E-state index is 0.233. The molecule has 7 nitrogen and oxygen atoms in total. The lowest BCUT2D eigenvalue weighted by Crippen LogP contribution is -2.50. The van der Waals surface area contributed by atoms with Gasteiger partial charge in [-0.3, -0.25) is 0 Å². The van der Waals surface area contributed by atoms with Crippen LogP contribution in [0.15, 0.2) is 24.5 Å². The summed E-state index contributed by atoms with van der Waals surface area (Å²) < 4.78 is 13.5. The van der Waals surface area contributed by atoms with E-state index in [9.17, 15) is 4.79 Å². The molecule has 0 saturated carbocycles. The predicted octanol–water partition coefficient (Wildman–Crippen LogP) is 4.41. The smallest absolute Gasteiger partial charge is 0.410 e. The third-order valence-corrected chi connectivity index (χ3v) is 6.84. The van der Waals surface area contributed by atoms with E-state index in [0.29, 0.717) is 19.8 Å². The minimum Gasteiger partial charge on any atom is -0.444 e. The lowest BCUT2D eigenvalue weighted by molar-refractivity contribution is 0.0240. The molecule has 166 valence electrons. The molecule has 1 aliphatic heterocycles. The third kappa shape index (κ3) is 5.98. The van der Waals surface area contributed by atoms with Gasteiger partial charge in [-0.2, -0.15) is 0 Å². The molecule has 2 aromatic rings. The number of hydrogen-bond donors (Lipinski definition) is 0. The summed E-state index contributed by atoms with van der Waals surface area (Å²) in [7, 11) is -1.09. The Morgan fingerprint density at radius 2 is 1.83 bits per heavy atom. The first kappa shape index (κ1) is 22.6. The average molecular weight is 433 g/mol. The van der Waals surface area contributed by atoms with Crippen molar-refractivity contribution < 1.29 is 14.3 Å². The van der Waals surface area contributed by atoms with Gasteiger partial charge in [-0.25, -0.2) is 9.78 Å². The first-order chi connectivity index (χ1) is 14.0. The van der Waals surface area contributed by atoms with E-state index in [1.54, 1.807) is 4.90 Å². The van der Waals surface area contributed by atoms with Gasteiger partial charge in [-0.05, 0) is 38.9 Å². The van der Waals surface area contributed by atoms with Crippen LogP contribution in [0.2, 0.25) is 25.7 Å². The van der Waals surface area contributed by atoms with Crippen molar-refractivity contribution in [2.45, 2.75) is 58.8 Å². The number of anilines is 1. The summed E-state index contributed by atoms with van der Waals surface area (Å²) >= 11 is 0. The zero-order valence-electron chi connectivity index (χ0n) is 19.3. The number of piperazine rings is 1. The quantitative estimate of drug-likeness (QED) is 0.500. The molecule has 8 heteroatoms. The standard InChI is InChI=1S/C22H36N4O3Si/c1-22(2,3)29-21(27)25-13-11-24(12-14-25)19-7-9-23-20-18(19)8-10-26(20)17-28-15-16-30(4,5)6/h7-10H,11-17H2,1-6H3. The van der Waals surface area contributed by atoms with Crippen molar-refractivity contribution in [1.29, 1.82) is 0 Å². The number of pyridine rings is 1. The monoisotopic (exact) mass is 432 g/mol. The fraction of sp³-hybridized carbons (Fsp3) is 0.636. The Kier molecular flexibility index (Phi) is 6.77. The summed E-state index contributed by atoms with van der Waals surface area (Å²) in [5.41, 5.74) is 1.63. The fourth-order valence-electron chi connectivity index (χ4n) is 3.45. The van der Waals surface area contributed by atoms with Crippen LogP contribution in [-0.2, 0) is 16.2 Å². The van der Waals surface area contributed by atoms with Crippen molar-refractivity contribution in [2.75, 3.05) is 37.7 Å². The lowest BCUT2D eigenvalue weighted by Gasteiger charge is -2.37. The molecule has 0 radical (unpaired) electrons. The van der Waals surface area contributed by atoms with Gasteiger partial charge in [0.25, 0.3) is 0 Å². The van der Waals surface area contributed by atoms with Crippen LogP contribution < -0.4 is 4.90 Å². The molecule has 0 atom stereocenters. The molecule has 1 amide bonds. The van der Waals surface area contributed by atoms with Crippen LogP contribution >= 0.6 is 0 Å². The SMILES string of the molecule is CC(C)(C)OC(=O)N1CCN(c2ccnc3c2ccn3COCC[Si](C)(C)C)CC1. The van der Waals surface area contributed by atoms with E-state index in [1.165, 1.54) is 0 Å². The molecule has 0 N–H and O–H groups in total. The number of rotatable bonds is 6. The summed E-state index contributed by atoms with van der Waals surface area (Å²) in [5, 5.41) is 1.12. The van der Waals surface area contributed by atoms with E-state index in [0.717, 1.165) is 42.5 Å². The number of carbonyl (C=O) groups excluding carboxylic acids is 1. The number of carbonyl (C=O) groups is 1. The zero-order valence-corrected chi connectivity index (χ0v) is 20.3. The Bertz CT molecular complexity index is 861. The van der Waals surface area contributed by atoms with Crippen LogP contribution in [0.5, 0.6) is 0 Å². The first-order valence-corrected chi connectivity index (χ1v) is 14.5. The van der Waals surface area contributed by atoms with Crippen LogP contribution in [0.25, 0.3) is 11.0 Å². The highest BCUT2D eigenvalue weighted by Crippen LogP contribution is 2.27. The first-order valence-electron chi connectivity index (χ1n) is 10.8. The molecule has 0 aliphatic carbocycles. The number of hydrogen-bond acceptors (Lipinski definition) is 5. The predicted molar refractivity (Wildman–Crippen MR) is 124 cm³/mol. The third-order valence-electron chi connectivity index (χ3n) is 5.14. The number of amides is 1. The summed E-state index contributed by atoms with van der Waals surface area (Å²) in [6.07, 6.45) is 3.67. The van der Waals surface area contributed by atoms with Crippen LogP contribution in [-0.4, -0.2) is 67.0 Å². The number of fused-ring (bicyclic) bond motifs is 1. The van der Waals surface area contributed by atoms with Gasteiger partial charge in [0.15, 0.2) is 0 Å². The molecule has 1 aliphatic rings. The van der Waals surface area contributed by atoms with Crippen LogP contribution in [0.3, 0.4) is 0 Å². The Hall–Kier alpha value is -2.06. The lowest BCUT2D eigenvalue weighted by atomic mass is 10.2. The molecular weight excluding hydrogens is 396 g/mol. The second-order valence-corrected chi connectivity index (χ2v) is 15.8. The van der Waals surface area contributed by atoms with E-state index >= 15 is 0 Å². The van der Waals surface area contributed by atoms with Crippen LogP contribution in [0.1, 0.15) is 20.8 Å². The van der Waals surface area contributed by atoms with Gasteiger partial charge >= 0.3 is 6.09 Å². The highest BCUT2D eigenvalue weighted by molar-refractivity contribution is 6.76. The molecule has 1 fully saturated rings. The van der Waals surface area contributed by atoms with Crippen molar-refractivity contribution in [1.82, 2.24) is 14.5 Å². The summed E-state index contributed by atoms with van der Waals surface area (Å²) in [5.74, 6) is 0. The van der Waals surface area contributed by atoms with E-state index in [1.807, 2.05) is 33.2 Å². The van der Waals surface area contributed by atoms with E-state index < -0.39 is 13.7 Å². The minimum atomic E-state index is -1.09. The summed E-state index contributed by atoms with van der Waals surface area (Å²) in [6, 6.07) is 5.33. The van der Waals surface area contributed by atoms with Gasteiger partial charge in [0.1, 0.15) is 18.0 Å². The maximum absolute atomic E-state index is 12.3. The van der Waals surface area contributed by atoms with E-state index in [4.69, 9.17) is 9.47 Å². The van der Waals surface area contributed by atoms with Crippen molar-refractivity contribution in [3.63, 3.8) is 0 Å². The molecule has 2 aromatic heterocycles. The van der Waals surface area contributed by atoms with Gasteiger partial charge in [0.2, 0.25) is 0 Å². The second kappa shape index (κ2) is 8.97. The molecular formula is C22H36N4O3Si. The highest BCUT2D eigenvalue weighted by atomic mass is 28.3. The molecule has 0 aromatic carbocycles.